The van der Waals surface area contributed by atoms with Crippen LogP contribution in [0.4, 0.5) is 5.82 Å². The lowest BCUT2D eigenvalue weighted by Gasteiger charge is -2.03. The molecule has 0 saturated carbocycles. The van der Waals surface area contributed by atoms with Gasteiger partial charge in [-0.1, -0.05) is 0 Å². The molecule has 0 unspecified atom stereocenters. The average molecular weight is 346 g/mol. The highest BCUT2D eigenvalue weighted by Crippen LogP contribution is 2.12. The molecule has 0 radical (unpaired) electrons. The summed E-state index contributed by atoms with van der Waals surface area (Å²) < 4.78 is 0.871. The predicted octanol–water partition coefficient (Wildman–Crippen LogP) is 2.69. The number of fused-ring (bicyclic) bond motifs is 1. The third kappa shape index (κ3) is 3.43. The van der Waals surface area contributed by atoms with Crippen molar-refractivity contribution in [2.45, 2.75) is 12.8 Å². The van der Waals surface area contributed by atoms with Gasteiger partial charge in [-0.05, 0) is 40.2 Å². The van der Waals surface area contributed by atoms with Crippen molar-refractivity contribution >= 4 is 38.8 Å². The van der Waals surface area contributed by atoms with Crippen LogP contribution >= 0.6 is 15.9 Å². The second-order valence-corrected chi connectivity index (χ2v) is 5.38. The van der Waals surface area contributed by atoms with E-state index in [1.807, 2.05) is 18.2 Å². The Bertz CT molecular complexity index is 735. The molecule has 0 saturated heterocycles. The Labute approximate surface area is 129 Å². The summed E-state index contributed by atoms with van der Waals surface area (Å²) in [5.41, 5.74) is 1.55. The maximum Gasteiger partial charge on any atom is 0.225 e. The molecule has 1 amide bonds. The number of rotatable bonds is 4. The molecule has 21 heavy (non-hydrogen) atoms. The third-order valence-corrected chi connectivity index (χ3v) is 3.36. The van der Waals surface area contributed by atoms with Gasteiger partial charge in [0.25, 0.3) is 0 Å². The first-order valence-corrected chi connectivity index (χ1v) is 7.21. The summed E-state index contributed by atoms with van der Waals surface area (Å²) in [6.07, 6.45) is 4.19. The number of pyridine rings is 2. The van der Waals surface area contributed by atoms with Crippen LogP contribution in [0.15, 0.2) is 41.1 Å². The minimum atomic E-state index is -0.0989. The van der Waals surface area contributed by atoms with Crippen LogP contribution in [0.2, 0.25) is 0 Å². The Morgan fingerprint density at radius 3 is 2.95 bits per heavy atom. The van der Waals surface area contributed by atoms with Crippen molar-refractivity contribution in [2.75, 3.05) is 5.32 Å². The van der Waals surface area contributed by atoms with E-state index in [1.165, 1.54) is 0 Å². The topological polar surface area (TPSA) is 83.6 Å². The summed E-state index contributed by atoms with van der Waals surface area (Å²) >= 11 is 3.30. The van der Waals surface area contributed by atoms with Crippen molar-refractivity contribution in [1.82, 2.24) is 19.9 Å². The Kier molecular flexibility index (Phi) is 3.92. The highest BCUT2D eigenvalue weighted by atomic mass is 79.9. The third-order valence-electron chi connectivity index (χ3n) is 2.89. The zero-order valence-corrected chi connectivity index (χ0v) is 12.6. The number of hydrogen-bond acceptors (Lipinski definition) is 4. The van der Waals surface area contributed by atoms with Crippen molar-refractivity contribution in [3.8, 4) is 0 Å². The van der Waals surface area contributed by atoms with Gasteiger partial charge in [0.2, 0.25) is 5.91 Å². The second-order valence-electron chi connectivity index (χ2n) is 4.47. The summed E-state index contributed by atoms with van der Waals surface area (Å²) in [7, 11) is 0. The largest absolute Gasteiger partial charge is 0.341 e. The maximum absolute atomic E-state index is 11.9. The van der Waals surface area contributed by atoms with Crippen molar-refractivity contribution in [3.63, 3.8) is 0 Å². The lowest BCUT2D eigenvalue weighted by atomic mass is 10.3. The number of aromatic amines is 1. The minimum absolute atomic E-state index is 0.0989. The van der Waals surface area contributed by atoms with Crippen molar-refractivity contribution in [1.29, 1.82) is 0 Å². The molecule has 0 atom stereocenters. The molecule has 2 N–H and O–H groups in total. The predicted molar refractivity (Wildman–Crippen MR) is 82.8 cm³/mol. The molecule has 3 heterocycles. The minimum Gasteiger partial charge on any atom is -0.341 e. The summed E-state index contributed by atoms with van der Waals surface area (Å²) in [6, 6.07) is 7.32. The van der Waals surface area contributed by atoms with Crippen LogP contribution in [0.1, 0.15) is 12.2 Å². The van der Waals surface area contributed by atoms with Crippen LogP contribution in [-0.4, -0.2) is 25.8 Å². The van der Waals surface area contributed by atoms with Crippen molar-refractivity contribution < 1.29 is 4.79 Å². The highest BCUT2D eigenvalue weighted by Gasteiger charge is 2.07. The number of H-pyrrole nitrogens is 1. The molecule has 7 heteroatoms. The molecular weight excluding hydrogens is 334 g/mol. The molecule has 3 aromatic rings. The standard InChI is InChI=1S/C14H12BrN5O/c15-9-3-4-11(17-8-9)19-13(21)6-5-12-18-10-2-1-7-16-14(10)20-12/h1-4,7-8H,5-6H2,(H,16,18,20)(H,17,19,21). The number of hydrogen-bond donors (Lipinski definition) is 2. The summed E-state index contributed by atoms with van der Waals surface area (Å²) in [6.45, 7) is 0. The van der Waals surface area contributed by atoms with Gasteiger partial charge in [0.05, 0.1) is 5.52 Å². The SMILES string of the molecule is O=C(CCc1nc2ncccc2[nH]1)Nc1ccc(Br)cn1. The average Bonchev–Trinajstić information content (AvgIpc) is 2.90. The molecule has 0 aliphatic heterocycles. The Morgan fingerprint density at radius 2 is 2.19 bits per heavy atom. The van der Waals surface area contributed by atoms with Crippen LogP contribution in [0.5, 0.6) is 0 Å². The Hall–Kier alpha value is -2.28. The van der Waals surface area contributed by atoms with Gasteiger partial charge in [0.15, 0.2) is 5.65 Å². The maximum atomic E-state index is 11.9. The van der Waals surface area contributed by atoms with Crippen LogP contribution in [0.3, 0.4) is 0 Å². The van der Waals surface area contributed by atoms with Gasteiger partial charge in [0.1, 0.15) is 11.6 Å². The van der Waals surface area contributed by atoms with E-state index in [-0.39, 0.29) is 5.91 Å². The van der Waals surface area contributed by atoms with Crippen molar-refractivity contribution in [3.05, 3.63) is 47.0 Å². The fraction of sp³-hybridized carbons (Fsp3) is 0.143. The van der Waals surface area contributed by atoms with E-state index < -0.39 is 0 Å². The number of amides is 1. The van der Waals surface area contributed by atoms with E-state index in [0.717, 1.165) is 15.8 Å². The normalized spacial score (nSPS) is 10.7. The van der Waals surface area contributed by atoms with Gasteiger partial charge in [-0.15, -0.1) is 0 Å². The van der Waals surface area contributed by atoms with Crippen LogP contribution in [0, 0.1) is 0 Å². The first-order valence-electron chi connectivity index (χ1n) is 6.42. The first kappa shape index (κ1) is 13.7. The Morgan fingerprint density at radius 1 is 1.29 bits per heavy atom. The van der Waals surface area contributed by atoms with Gasteiger partial charge in [0, 0.05) is 29.7 Å². The number of halogens is 1. The van der Waals surface area contributed by atoms with Gasteiger partial charge < -0.3 is 10.3 Å². The molecule has 0 aliphatic carbocycles. The van der Waals surface area contributed by atoms with Crippen LogP contribution in [0.25, 0.3) is 11.2 Å². The lowest BCUT2D eigenvalue weighted by molar-refractivity contribution is -0.116. The van der Waals surface area contributed by atoms with E-state index in [9.17, 15) is 4.79 Å². The number of aromatic nitrogens is 4. The van der Waals surface area contributed by atoms with E-state index in [4.69, 9.17) is 0 Å². The number of nitrogens with zero attached hydrogens (tertiary/aromatic N) is 3. The van der Waals surface area contributed by atoms with Gasteiger partial charge in [-0.2, -0.15) is 0 Å². The first-order chi connectivity index (χ1) is 10.2. The summed E-state index contributed by atoms with van der Waals surface area (Å²) in [5, 5.41) is 2.74. The number of carbonyl (C=O) groups excluding carboxylic acids is 1. The molecule has 3 rings (SSSR count). The highest BCUT2D eigenvalue weighted by molar-refractivity contribution is 9.10. The number of anilines is 1. The molecule has 6 nitrogen and oxygen atoms in total. The van der Waals surface area contributed by atoms with E-state index in [1.54, 1.807) is 18.5 Å². The zero-order valence-electron chi connectivity index (χ0n) is 11.0. The summed E-state index contributed by atoms with van der Waals surface area (Å²) in [5.74, 6) is 1.19. The summed E-state index contributed by atoms with van der Waals surface area (Å²) in [4.78, 5) is 27.6. The fourth-order valence-electron chi connectivity index (χ4n) is 1.90. The molecule has 106 valence electrons. The van der Waals surface area contributed by atoms with E-state index >= 15 is 0 Å². The van der Waals surface area contributed by atoms with E-state index in [0.29, 0.717) is 24.3 Å². The van der Waals surface area contributed by atoms with Crippen LogP contribution in [-0.2, 0) is 11.2 Å². The number of carbonyl (C=O) groups is 1. The van der Waals surface area contributed by atoms with Gasteiger partial charge >= 0.3 is 0 Å². The Balaban J connectivity index is 1.59. The van der Waals surface area contributed by atoms with E-state index in [2.05, 4.69) is 41.2 Å². The lowest BCUT2D eigenvalue weighted by Crippen LogP contribution is -2.13. The second kappa shape index (κ2) is 6.01. The quantitative estimate of drug-likeness (QED) is 0.761. The number of nitrogens with one attached hydrogen (secondary N) is 2. The fourth-order valence-corrected chi connectivity index (χ4v) is 2.13. The molecule has 0 bridgehead atoms. The number of aryl methyl sites for hydroxylation is 1. The molecule has 0 aromatic carbocycles. The zero-order chi connectivity index (χ0) is 14.7. The molecule has 0 spiro atoms. The molecule has 0 fully saturated rings. The van der Waals surface area contributed by atoms with Gasteiger partial charge in [-0.25, -0.2) is 15.0 Å². The molecular formula is C14H12BrN5O. The molecule has 0 aliphatic rings. The van der Waals surface area contributed by atoms with Gasteiger partial charge in [-0.3, -0.25) is 4.79 Å². The van der Waals surface area contributed by atoms with Crippen LogP contribution < -0.4 is 5.32 Å². The monoisotopic (exact) mass is 345 g/mol. The smallest absolute Gasteiger partial charge is 0.225 e. The number of imidazole rings is 1. The van der Waals surface area contributed by atoms with Crippen molar-refractivity contribution in [2.24, 2.45) is 0 Å². The molecule has 3 aromatic heterocycles.